The number of aryl methyl sites for hydroxylation is 2. The molecular formula is C27H32FN3O4. The zero-order chi connectivity index (χ0) is 25.5. The minimum Gasteiger partial charge on any atom is -0.480 e. The lowest BCUT2D eigenvalue weighted by Gasteiger charge is -2.28. The summed E-state index contributed by atoms with van der Waals surface area (Å²) in [4.78, 5) is 37.6. The van der Waals surface area contributed by atoms with Crippen LogP contribution in [-0.4, -0.2) is 29.1 Å². The smallest absolute Gasteiger partial charge is 0.326 e. The van der Waals surface area contributed by atoms with Gasteiger partial charge in [0.25, 0.3) is 5.91 Å². The van der Waals surface area contributed by atoms with Crippen molar-refractivity contribution in [3.8, 4) is 0 Å². The van der Waals surface area contributed by atoms with E-state index in [2.05, 4.69) is 22.5 Å². The maximum atomic E-state index is 14.0. The topological polar surface area (TPSA) is 108 Å². The summed E-state index contributed by atoms with van der Waals surface area (Å²) in [7, 11) is 0. The van der Waals surface area contributed by atoms with E-state index in [-0.39, 0.29) is 17.2 Å². The van der Waals surface area contributed by atoms with Gasteiger partial charge in [-0.2, -0.15) is 0 Å². The molecule has 1 saturated carbocycles. The number of anilines is 2. The van der Waals surface area contributed by atoms with Crippen molar-refractivity contribution >= 4 is 29.3 Å². The molecule has 1 aliphatic carbocycles. The predicted octanol–water partition coefficient (Wildman–Crippen LogP) is 5.58. The first-order valence-electron chi connectivity index (χ1n) is 11.8. The Labute approximate surface area is 204 Å². The molecule has 4 N–H and O–H groups in total. The fraction of sp³-hybridized carbons (Fsp3) is 0.370. The number of allylic oxidation sites excluding steroid dienone is 1. The number of carboxylic acid groups (broad SMARTS) is 1. The fourth-order valence-corrected chi connectivity index (χ4v) is 4.69. The van der Waals surface area contributed by atoms with Crippen molar-refractivity contribution in [3.05, 3.63) is 71.1 Å². The van der Waals surface area contributed by atoms with Gasteiger partial charge in [-0.05, 0) is 73.9 Å². The summed E-state index contributed by atoms with van der Waals surface area (Å²) in [5.41, 5.74) is 3.32. The molecule has 2 aromatic rings. The van der Waals surface area contributed by atoms with Crippen molar-refractivity contribution in [1.29, 1.82) is 0 Å². The van der Waals surface area contributed by atoms with Crippen LogP contribution < -0.4 is 16.0 Å². The standard InChI is InChI=1S/C27H32FN3O4/c1-4-8-18-13-16(2)23(17(3)14-18)31-27(35)29-22-15-20(28)11-12-21(22)25(32)30-24(26(33)34)19-9-6-5-7-10-19/h4,11-15,19,24H,1,5-10H2,2-3H3,(H,30,32)(H,33,34)(H2,29,31,35)/t24-/m0/s1. The van der Waals surface area contributed by atoms with E-state index in [1.807, 2.05) is 26.0 Å². The third-order valence-electron chi connectivity index (χ3n) is 6.36. The second-order valence-corrected chi connectivity index (χ2v) is 9.05. The van der Waals surface area contributed by atoms with Crippen LogP contribution in [0.25, 0.3) is 0 Å². The van der Waals surface area contributed by atoms with Crippen molar-refractivity contribution in [2.24, 2.45) is 5.92 Å². The van der Waals surface area contributed by atoms with Gasteiger partial charge in [-0.1, -0.05) is 37.5 Å². The highest BCUT2D eigenvalue weighted by molar-refractivity contribution is 6.07. The molecule has 0 spiro atoms. The molecule has 1 aliphatic rings. The van der Waals surface area contributed by atoms with E-state index in [4.69, 9.17) is 0 Å². The van der Waals surface area contributed by atoms with Gasteiger partial charge >= 0.3 is 12.0 Å². The molecule has 186 valence electrons. The Bertz CT molecular complexity index is 1100. The summed E-state index contributed by atoms with van der Waals surface area (Å²) in [5.74, 6) is -2.59. The second kappa shape index (κ2) is 11.6. The summed E-state index contributed by atoms with van der Waals surface area (Å²) < 4.78 is 14.0. The quantitative estimate of drug-likeness (QED) is 0.369. The number of carbonyl (C=O) groups is 3. The largest absolute Gasteiger partial charge is 0.480 e. The van der Waals surface area contributed by atoms with Crippen LogP contribution >= 0.6 is 0 Å². The van der Waals surface area contributed by atoms with Crippen molar-refractivity contribution in [2.75, 3.05) is 10.6 Å². The number of hydrogen-bond acceptors (Lipinski definition) is 3. The molecule has 2 aromatic carbocycles. The monoisotopic (exact) mass is 481 g/mol. The fourth-order valence-electron chi connectivity index (χ4n) is 4.69. The van der Waals surface area contributed by atoms with Gasteiger partial charge in [-0.25, -0.2) is 14.0 Å². The predicted molar refractivity (Wildman–Crippen MR) is 134 cm³/mol. The first-order chi connectivity index (χ1) is 16.7. The molecule has 0 saturated heterocycles. The molecule has 0 unspecified atom stereocenters. The maximum Gasteiger partial charge on any atom is 0.326 e. The number of benzene rings is 2. The van der Waals surface area contributed by atoms with Crippen molar-refractivity contribution < 1.29 is 23.9 Å². The highest BCUT2D eigenvalue weighted by Crippen LogP contribution is 2.28. The Balaban J connectivity index is 1.78. The number of nitrogens with one attached hydrogen (secondary N) is 3. The molecule has 0 aromatic heterocycles. The second-order valence-electron chi connectivity index (χ2n) is 9.05. The van der Waals surface area contributed by atoms with Crippen LogP contribution in [0.1, 0.15) is 59.2 Å². The third-order valence-corrected chi connectivity index (χ3v) is 6.36. The average Bonchev–Trinajstić information content (AvgIpc) is 2.80. The van der Waals surface area contributed by atoms with E-state index in [0.29, 0.717) is 12.1 Å². The Morgan fingerprint density at radius 3 is 2.34 bits per heavy atom. The van der Waals surface area contributed by atoms with E-state index >= 15 is 0 Å². The summed E-state index contributed by atoms with van der Waals surface area (Å²) in [5, 5.41) is 17.6. The first kappa shape index (κ1) is 25.9. The zero-order valence-electron chi connectivity index (χ0n) is 20.1. The number of rotatable bonds is 8. The molecular weight excluding hydrogens is 449 g/mol. The molecule has 0 aliphatic heterocycles. The van der Waals surface area contributed by atoms with Crippen molar-refractivity contribution in [2.45, 2.75) is 58.4 Å². The number of amides is 3. The summed E-state index contributed by atoms with van der Waals surface area (Å²) in [6.45, 7) is 7.48. The number of aliphatic carboxylic acids is 1. The highest BCUT2D eigenvalue weighted by Gasteiger charge is 2.31. The molecule has 0 bridgehead atoms. The third kappa shape index (κ3) is 6.68. The average molecular weight is 482 g/mol. The SMILES string of the molecule is C=CCc1cc(C)c(NC(=O)Nc2cc(F)ccc2C(=O)N[C@H](C(=O)O)C2CCCCC2)c(C)c1. The van der Waals surface area contributed by atoms with E-state index < -0.39 is 29.8 Å². The summed E-state index contributed by atoms with van der Waals surface area (Å²) in [6, 6.07) is 5.58. The number of urea groups is 1. The molecule has 3 amide bonds. The minimum absolute atomic E-state index is 0.0154. The molecule has 7 nitrogen and oxygen atoms in total. The van der Waals surface area contributed by atoms with Gasteiger partial charge < -0.3 is 21.1 Å². The molecule has 0 heterocycles. The lowest BCUT2D eigenvalue weighted by molar-refractivity contribution is -0.141. The Morgan fingerprint density at radius 1 is 1.09 bits per heavy atom. The number of carboxylic acids is 1. The van der Waals surface area contributed by atoms with Crippen LogP contribution in [0.15, 0.2) is 43.0 Å². The lowest BCUT2D eigenvalue weighted by atomic mass is 9.84. The normalized spacial score (nSPS) is 14.6. The Morgan fingerprint density at radius 2 is 1.74 bits per heavy atom. The van der Waals surface area contributed by atoms with Gasteiger partial charge in [0.2, 0.25) is 0 Å². The van der Waals surface area contributed by atoms with Crippen LogP contribution in [0.2, 0.25) is 0 Å². The van der Waals surface area contributed by atoms with Gasteiger partial charge in [-0.3, -0.25) is 4.79 Å². The van der Waals surface area contributed by atoms with Crippen LogP contribution in [0.4, 0.5) is 20.6 Å². The number of halogens is 1. The zero-order valence-corrected chi connectivity index (χ0v) is 20.1. The van der Waals surface area contributed by atoms with E-state index in [1.165, 1.54) is 6.07 Å². The van der Waals surface area contributed by atoms with Gasteiger partial charge in [0.1, 0.15) is 11.9 Å². The maximum absolute atomic E-state index is 14.0. The summed E-state index contributed by atoms with van der Waals surface area (Å²) in [6.07, 6.45) is 6.83. The minimum atomic E-state index is -1.11. The number of hydrogen-bond donors (Lipinski definition) is 4. The summed E-state index contributed by atoms with van der Waals surface area (Å²) >= 11 is 0. The Hall–Kier alpha value is -3.68. The highest BCUT2D eigenvalue weighted by atomic mass is 19.1. The first-order valence-corrected chi connectivity index (χ1v) is 11.8. The van der Waals surface area contributed by atoms with E-state index in [1.54, 1.807) is 6.08 Å². The number of carbonyl (C=O) groups excluding carboxylic acids is 2. The van der Waals surface area contributed by atoms with Crippen LogP contribution in [0.3, 0.4) is 0 Å². The van der Waals surface area contributed by atoms with Gasteiger partial charge in [0.15, 0.2) is 0 Å². The van der Waals surface area contributed by atoms with Gasteiger partial charge in [-0.15, -0.1) is 6.58 Å². The molecule has 0 radical (unpaired) electrons. The van der Waals surface area contributed by atoms with E-state index in [0.717, 1.165) is 60.9 Å². The molecule has 1 atom stereocenters. The van der Waals surface area contributed by atoms with Crippen molar-refractivity contribution in [3.63, 3.8) is 0 Å². The van der Waals surface area contributed by atoms with Crippen LogP contribution in [0.5, 0.6) is 0 Å². The van der Waals surface area contributed by atoms with E-state index in [9.17, 15) is 23.9 Å². The molecule has 3 rings (SSSR count). The molecule has 8 heteroatoms. The lowest BCUT2D eigenvalue weighted by Crippen LogP contribution is -2.46. The van der Waals surface area contributed by atoms with Crippen LogP contribution in [0, 0.1) is 25.6 Å². The Kier molecular flexibility index (Phi) is 8.63. The van der Waals surface area contributed by atoms with Gasteiger partial charge in [0, 0.05) is 5.69 Å². The molecule has 35 heavy (non-hydrogen) atoms. The molecule has 1 fully saturated rings. The van der Waals surface area contributed by atoms with Gasteiger partial charge in [0.05, 0.1) is 11.3 Å². The van der Waals surface area contributed by atoms with Crippen LogP contribution in [-0.2, 0) is 11.2 Å². The van der Waals surface area contributed by atoms with Crippen molar-refractivity contribution in [1.82, 2.24) is 5.32 Å².